The minimum absolute atomic E-state index is 0.0166. The fraction of sp³-hybridized carbons (Fsp3) is 0.857. The first-order valence-electron chi connectivity index (χ1n) is 7.38. The van der Waals surface area contributed by atoms with Crippen LogP contribution in [-0.2, 0) is 15.8 Å². The highest BCUT2D eigenvalue weighted by atomic mass is 16.5. The molecule has 0 aromatic carbocycles. The van der Waals surface area contributed by atoms with Gasteiger partial charge in [0.2, 0.25) is 11.7 Å². The molecule has 1 aromatic rings. The van der Waals surface area contributed by atoms with Crippen LogP contribution in [0.3, 0.4) is 0 Å². The number of hydrogen-bond donors (Lipinski definition) is 1. The van der Waals surface area contributed by atoms with Crippen LogP contribution in [0.15, 0.2) is 4.52 Å². The van der Waals surface area contributed by atoms with Crippen molar-refractivity contribution in [1.29, 1.82) is 0 Å². The van der Waals surface area contributed by atoms with Gasteiger partial charge in [-0.15, -0.1) is 0 Å². The second kappa shape index (κ2) is 4.87. The molecule has 3 rings (SSSR count). The molecule has 1 unspecified atom stereocenters. The van der Waals surface area contributed by atoms with Crippen molar-refractivity contribution >= 4 is 0 Å². The summed E-state index contributed by atoms with van der Waals surface area (Å²) in [5, 5.41) is 7.61. The molecular formula is C14H23N3O2. The van der Waals surface area contributed by atoms with Gasteiger partial charge >= 0.3 is 0 Å². The fourth-order valence-electron chi connectivity index (χ4n) is 3.31. The summed E-state index contributed by atoms with van der Waals surface area (Å²) in [6, 6.07) is 0. The molecule has 106 valence electrons. The van der Waals surface area contributed by atoms with Crippen molar-refractivity contribution < 1.29 is 9.26 Å². The van der Waals surface area contributed by atoms with E-state index in [1.807, 2.05) is 6.92 Å². The summed E-state index contributed by atoms with van der Waals surface area (Å²) in [5.41, 5.74) is -0.309. The summed E-state index contributed by atoms with van der Waals surface area (Å²) in [6.07, 6.45) is 5.44. The summed E-state index contributed by atoms with van der Waals surface area (Å²) in [7, 11) is 0. The van der Waals surface area contributed by atoms with E-state index in [0.717, 1.165) is 44.1 Å². The van der Waals surface area contributed by atoms with Crippen LogP contribution in [0.25, 0.3) is 0 Å². The van der Waals surface area contributed by atoms with Gasteiger partial charge in [-0.2, -0.15) is 4.98 Å². The molecular weight excluding hydrogens is 242 g/mol. The Bertz CT molecular complexity index is 432. The lowest BCUT2D eigenvalue weighted by molar-refractivity contribution is -0.0469. The number of hydrogen-bond acceptors (Lipinski definition) is 5. The Kier molecular flexibility index (Phi) is 3.35. The zero-order valence-corrected chi connectivity index (χ0v) is 11.9. The molecule has 2 aliphatic rings. The first kappa shape index (κ1) is 13.1. The summed E-state index contributed by atoms with van der Waals surface area (Å²) in [4.78, 5) is 4.69. The highest BCUT2D eigenvalue weighted by Crippen LogP contribution is 2.41. The normalized spacial score (nSPS) is 30.0. The van der Waals surface area contributed by atoms with E-state index in [2.05, 4.69) is 17.4 Å². The first-order valence-corrected chi connectivity index (χ1v) is 7.38. The van der Waals surface area contributed by atoms with Crippen molar-refractivity contribution in [3.8, 4) is 0 Å². The van der Waals surface area contributed by atoms with Crippen LogP contribution >= 0.6 is 0 Å². The van der Waals surface area contributed by atoms with Gasteiger partial charge in [0, 0.05) is 13.2 Å². The fourth-order valence-corrected chi connectivity index (χ4v) is 3.31. The maximum atomic E-state index is 5.98. The van der Waals surface area contributed by atoms with Gasteiger partial charge in [-0.3, -0.25) is 0 Å². The van der Waals surface area contributed by atoms with Crippen LogP contribution in [0.5, 0.6) is 0 Å². The predicted octanol–water partition coefficient (Wildman–Crippen LogP) is 2.13. The number of nitrogens with one attached hydrogen (secondary N) is 1. The largest absolute Gasteiger partial charge is 0.367 e. The molecule has 1 atom stereocenters. The van der Waals surface area contributed by atoms with E-state index in [1.54, 1.807) is 0 Å². The second-order valence-electron chi connectivity index (χ2n) is 6.04. The quantitative estimate of drug-likeness (QED) is 0.903. The lowest BCUT2D eigenvalue weighted by Crippen LogP contribution is -2.29. The Hall–Kier alpha value is -0.940. The Morgan fingerprint density at radius 3 is 2.74 bits per heavy atom. The van der Waals surface area contributed by atoms with Crippen molar-refractivity contribution in [1.82, 2.24) is 15.5 Å². The van der Waals surface area contributed by atoms with E-state index < -0.39 is 0 Å². The van der Waals surface area contributed by atoms with Crippen LogP contribution < -0.4 is 5.32 Å². The van der Waals surface area contributed by atoms with Gasteiger partial charge in [-0.1, -0.05) is 5.16 Å². The average molecular weight is 265 g/mol. The number of nitrogens with zero attached hydrogens (tertiary/aromatic N) is 2. The van der Waals surface area contributed by atoms with Crippen molar-refractivity contribution in [3.05, 3.63) is 11.7 Å². The minimum atomic E-state index is -0.293. The predicted molar refractivity (Wildman–Crippen MR) is 70.9 cm³/mol. The maximum absolute atomic E-state index is 5.98. The van der Waals surface area contributed by atoms with Crippen LogP contribution in [0, 0.1) is 0 Å². The molecule has 1 aliphatic carbocycles. The Morgan fingerprint density at radius 2 is 2.11 bits per heavy atom. The topological polar surface area (TPSA) is 60.2 Å². The van der Waals surface area contributed by atoms with E-state index in [9.17, 15) is 0 Å². The lowest BCUT2D eigenvalue weighted by atomic mass is 9.90. The molecule has 5 heteroatoms. The standard InChI is InChI=1S/C14H23N3O2/c1-3-18-14(6-4-5-7-14)11-16-12(19-17-11)13(2)8-9-15-10-13/h15H,3-10H2,1-2H3. The van der Waals surface area contributed by atoms with E-state index in [4.69, 9.17) is 14.2 Å². The molecule has 5 nitrogen and oxygen atoms in total. The zero-order chi connectivity index (χ0) is 13.3. The minimum Gasteiger partial charge on any atom is -0.367 e. The molecule has 0 spiro atoms. The smallest absolute Gasteiger partial charge is 0.234 e. The third-order valence-electron chi connectivity index (χ3n) is 4.55. The molecule has 1 saturated heterocycles. The molecule has 0 radical (unpaired) electrons. The molecule has 2 fully saturated rings. The van der Waals surface area contributed by atoms with Gasteiger partial charge in [0.05, 0.1) is 5.41 Å². The van der Waals surface area contributed by atoms with Gasteiger partial charge in [-0.05, 0) is 52.5 Å². The molecule has 1 aromatic heterocycles. The van der Waals surface area contributed by atoms with E-state index in [1.165, 1.54) is 12.8 Å². The van der Waals surface area contributed by atoms with Gasteiger partial charge in [-0.25, -0.2) is 0 Å². The molecule has 2 heterocycles. The number of ether oxygens (including phenoxy) is 1. The maximum Gasteiger partial charge on any atom is 0.234 e. The van der Waals surface area contributed by atoms with Gasteiger partial charge in [0.1, 0.15) is 5.60 Å². The number of rotatable bonds is 4. The zero-order valence-electron chi connectivity index (χ0n) is 11.9. The van der Waals surface area contributed by atoms with Crippen LogP contribution in [0.2, 0.25) is 0 Å². The van der Waals surface area contributed by atoms with E-state index in [-0.39, 0.29) is 11.0 Å². The molecule has 0 bridgehead atoms. The lowest BCUT2D eigenvalue weighted by Gasteiger charge is -2.25. The molecule has 19 heavy (non-hydrogen) atoms. The third-order valence-corrected chi connectivity index (χ3v) is 4.55. The monoisotopic (exact) mass is 265 g/mol. The summed E-state index contributed by atoms with van der Waals surface area (Å²) in [6.45, 7) is 6.85. The van der Waals surface area contributed by atoms with Crippen LogP contribution in [-0.4, -0.2) is 29.8 Å². The van der Waals surface area contributed by atoms with E-state index >= 15 is 0 Å². The van der Waals surface area contributed by atoms with Crippen LogP contribution in [0.1, 0.15) is 57.7 Å². The Labute approximate surface area is 114 Å². The van der Waals surface area contributed by atoms with Crippen molar-refractivity contribution in [2.24, 2.45) is 0 Å². The SMILES string of the molecule is CCOC1(c2noc(C3(C)CCNC3)n2)CCCC1. The molecule has 1 N–H and O–H groups in total. The highest BCUT2D eigenvalue weighted by molar-refractivity contribution is 5.11. The average Bonchev–Trinajstić information content (AvgIpc) is 3.07. The van der Waals surface area contributed by atoms with E-state index in [0.29, 0.717) is 6.61 Å². The highest BCUT2D eigenvalue weighted by Gasteiger charge is 2.43. The van der Waals surface area contributed by atoms with Crippen molar-refractivity contribution in [3.63, 3.8) is 0 Å². The Morgan fingerprint density at radius 1 is 1.32 bits per heavy atom. The number of aromatic nitrogens is 2. The second-order valence-corrected chi connectivity index (χ2v) is 6.04. The first-order chi connectivity index (χ1) is 9.19. The van der Waals surface area contributed by atoms with Crippen LogP contribution in [0.4, 0.5) is 0 Å². The van der Waals surface area contributed by atoms with Gasteiger partial charge < -0.3 is 14.6 Å². The van der Waals surface area contributed by atoms with Crippen molar-refractivity contribution in [2.45, 2.75) is 57.0 Å². The van der Waals surface area contributed by atoms with Crippen molar-refractivity contribution in [2.75, 3.05) is 19.7 Å². The Balaban J connectivity index is 1.87. The summed E-state index contributed by atoms with van der Waals surface area (Å²) < 4.78 is 11.5. The molecule has 0 amide bonds. The van der Waals surface area contributed by atoms with Gasteiger partial charge in [0.15, 0.2) is 0 Å². The molecule has 1 saturated carbocycles. The third kappa shape index (κ3) is 2.19. The molecule has 1 aliphatic heterocycles. The van der Waals surface area contributed by atoms with Gasteiger partial charge in [0.25, 0.3) is 0 Å². The summed E-state index contributed by atoms with van der Waals surface area (Å²) >= 11 is 0. The summed E-state index contributed by atoms with van der Waals surface area (Å²) in [5.74, 6) is 1.52.